The normalized spacial score (nSPS) is 12.3. The lowest BCUT2D eigenvalue weighted by Crippen LogP contribution is -2.23. The molecule has 0 saturated heterocycles. The number of unbranched alkanes of at least 4 members (excludes halogenated alkanes) is 1. The van der Waals surface area contributed by atoms with Crippen LogP contribution in [0.4, 0.5) is 0 Å². The highest BCUT2D eigenvalue weighted by Crippen LogP contribution is 2.22. The molecule has 0 aliphatic carbocycles. The average molecular weight is 253 g/mol. The van der Waals surface area contributed by atoms with Crippen molar-refractivity contribution in [2.45, 2.75) is 32.7 Å². The van der Waals surface area contributed by atoms with E-state index in [0.717, 1.165) is 6.54 Å². The average Bonchev–Trinajstić information content (AvgIpc) is 2.45. The van der Waals surface area contributed by atoms with Gasteiger partial charge in [0.05, 0.1) is 6.04 Å². The van der Waals surface area contributed by atoms with E-state index >= 15 is 0 Å². The van der Waals surface area contributed by atoms with Gasteiger partial charge in [-0.1, -0.05) is 73.5 Å². The second-order valence-corrected chi connectivity index (χ2v) is 5.07. The first-order valence-corrected chi connectivity index (χ1v) is 7.16. The fourth-order valence-electron chi connectivity index (χ4n) is 2.35. The summed E-state index contributed by atoms with van der Waals surface area (Å²) in [6.45, 7) is 5.44. The first kappa shape index (κ1) is 13.8. The smallest absolute Gasteiger partial charge is 0.0576 e. The Morgan fingerprint density at radius 2 is 1.68 bits per heavy atom. The Hall–Kier alpha value is -1.60. The summed E-state index contributed by atoms with van der Waals surface area (Å²) >= 11 is 0. The number of nitrogens with one attached hydrogen (secondary N) is 1. The second kappa shape index (κ2) is 7.10. The molecule has 19 heavy (non-hydrogen) atoms. The monoisotopic (exact) mass is 253 g/mol. The molecule has 1 heteroatoms. The maximum absolute atomic E-state index is 3.68. The summed E-state index contributed by atoms with van der Waals surface area (Å²) in [4.78, 5) is 0. The third kappa shape index (κ3) is 3.93. The van der Waals surface area contributed by atoms with Crippen LogP contribution in [0.2, 0.25) is 0 Å². The Morgan fingerprint density at radius 3 is 2.37 bits per heavy atom. The molecule has 2 rings (SSSR count). The number of hydrogen-bond acceptors (Lipinski definition) is 1. The Kier molecular flexibility index (Phi) is 5.17. The molecular formula is C18H23N. The first-order valence-electron chi connectivity index (χ1n) is 7.16. The molecule has 1 unspecified atom stereocenters. The molecule has 0 aromatic heterocycles. The molecule has 0 amide bonds. The van der Waals surface area contributed by atoms with Gasteiger partial charge in [0.15, 0.2) is 0 Å². The Balaban J connectivity index is 2.24. The van der Waals surface area contributed by atoms with Gasteiger partial charge in [0.25, 0.3) is 0 Å². The Labute approximate surface area is 116 Å². The van der Waals surface area contributed by atoms with Crippen molar-refractivity contribution in [1.82, 2.24) is 5.32 Å². The van der Waals surface area contributed by atoms with Crippen LogP contribution in [0.1, 0.15) is 42.5 Å². The largest absolute Gasteiger partial charge is 0.306 e. The van der Waals surface area contributed by atoms with E-state index in [4.69, 9.17) is 0 Å². The van der Waals surface area contributed by atoms with E-state index in [9.17, 15) is 0 Å². The van der Waals surface area contributed by atoms with Crippen LogP contribution in [0.25, 0.3) is 0 Å². The third-order valence-electron chi connectivity index (χ3n) is 3.39. The second-order valence-electron chi connectivity index (χ2n) is 5.07. The van der Waals surface area contributed by atoms with E-state index in [1.807, 2.05) is 0 Å². The van der Waals surface area contributed by atoms with E-state index in [1.165, 1.54) is 29.5 Å². The van der Waals surface area contributed by atoms with Gasteiger partial charge in [-0.15, -0.1) is 0 Å². The number of aryl methyl sites for hydroxylation is 1. The minimum absolute atomic E-state index is 0.299. The van der Waals surface area contributed by atoms with Crippen LogP contribution in [0.3, 0.4) is 0 Å². The number of rotatable bonds is 6. The van der Waals surface area contributed by atoms with Gasteiger partial charge < -0.3 is 5.32 Å². The molecule has 0 aliphatic heterocycles. The number of hydrogen-bond donors (Lipinski definition) is 1. The van der Waals surface area contributed by atoms with Gasteiger partial charge in [0.2, 0.25) is 0 Å². The summed E-state index contributed by atoms with van der Waals surface area (Å²) in [6, 6.07) is 19.8. The Morgan fingerprint density at radius 1 is 0.947 bits per heavy atom. The molecule has 0 fully saturated rings. The van der Waals surface area contributed by atoms with Gasteiger partial charge in [-0.25, -0.2) is 0 Å². The standard InChI is InChI=1S/C18H23N/c1-3-4-13-19-18(16-10-6-5-7-11-16)17-12-8-9-15(2)14-17/h5-12,14,18-19H,3-4,13H2,1-2H3. The van der Waals surface area contributed by atoms with Crippen molar-refractivity contribution in [2.24, 2.45) is 0 Å². The highest BCUT2D eigenvalue weighted by Gasteiger charge is 2.12. The highest BCUT2D eigenvalue weighted by atomic mass is 14.9. The van der Waals surface area contributed by atoms with Crippen molar-refractivity contribution in [1.29, 1.82) is 0 Å². The zero-order valence-electron chi connectivity index (χ0n) is 11.9. The van der Waals surface area contributed by atoms with E-state index in [-0.39, 0.29) is 0 Å². The van der Waals surface area contributed by atoms with E-state index in [0.29, 0.717) is 6.04 Å². The van der Waals surface area contributed by atoms with Gasteiger partial charge in [-0.2, -0.15) is 0 Å². The molecule has 1 N–H and O–H groups in total. The fraction of sp³-hybridized carbons (Fsp3) is 0.333. The topological polar surface area (TPSA) is 12.0 Å². The van der Waals surface area contributed by atoms with Gasteiger partial charge in [0.1, 0.15) is 0 Å². The quantitative estimate of drug-likeness (QED) is 0.749. The van der Waals surface area contributed by atoms with Crippen LogP contribution >= 0.6 is 0 Å². The van der Waals surface area contributed by atoms with Gasteiger partial charge >= 0.3 is 0 Å². The van der Waals surface area contributed by atoms with Crippen molar-refractivity contribution in [2.75, 3.05) is 6.54 Å². The summed E-state index contributed by atoms with van der Waals surface area (Å²) in [5.74, 6) is 0. The molecule has 2 aromatic carbocycles. The summed E-state index contributed by atoms with van der Waals surface area (Å²) in [5, 5.41) is 3.68. The SMILES string of the molecule is CCCCNC(c1ccccc1)c1cccc(C)c1. The summed E-state index contributed by atoms with van der Waals surface area (Å²) in [5.41, 5.74) is 4.00. The summed E-state index contributed by atoms with van der Waals surface area (Å²) in [6.07, 6.45) is 2.44. The van der Waals surface area contributed by atoms with Crippen molar-refractivity contribution < 1.29 is 0 Å². The first-order chi connectivity index (χ1) is 9.31. The summed E-state index contributed by atoms with van der Waals surface area (Å²) in [7, 11) is 0. The van der Waals surface area contributed by atoms with E-state index < -0.39 is 0 Å². The predicted molar refractivity (Wildman–Crippen MR) is 82.4 cm³/mol. The molecule has 0 saturated carbocycles. The van der Waals surface area contributed by atoms with Crippen molar-refractivity contribution in [3.63, 3.8) is 0 Å². The minimum atomic E-state index is 0.299. The molecule has 0 aliphatic rings. The van der Waals surface area contributed by atoms with Gasteiger partial charge in [-0.05, 0) is 31.0 Å². The molecule has 0 spiro atoms. The molecule has 100 valence electrons. The van der Waals surface area contributed by atoms with Crippen LogP contribution in [0.15, 0.2) is 54.6 Å². The van der Waals surface area contributed by atoms with Crippen LogP contribution in [0, 0.1) is 6.92 Å². The molecule has 0 heterocycles. The van der Waals surface area contributed by atoms with Crippen LogP contribution in [0.5, 0.6) is 0 Å². The van der Waals surface area contributed by atoms with E-state index in [2.05, 4.69) is 73.8 Å². The molecule has 1 atom stereocenters. The van der Waals surface area contributed by atoms with Crippen molar-refractivity contribution in [3.8, 4) is 0 Å². The van der Waals surface area contributed by atoms with Crippen molar-refractivity contribution in [3.05, 3.63) is 71.3 Å². The molecule has 2 aromatic rings. The van der Waals surface area contributed by atoms with Gasteiger partial charge in [0, 0.05) is 0 Å². The highest BCUT2D eigenvalue weighted by molar-refractivity contribution is 5.33. The predicted octanol–water partition coefficient (Wildman–Crippen LogP) is 4.47. The fourth-order valence-corrected chi connectivity index (χ4v) is 2.35. The maximum Gasteiger partial charge on any atom is 0.0576 e. The third-order valence-corrected chi connectivity index (χ3v) is 3.39. The summed E-state index contributed by atoms with van der Waals surface area (Å²) < 4.78 is 0. The lowest BCUT2D eigenvalue weighted by atomic mass is 9.97. The molecule has 1 nitrogen and oxygen atoms in total. The zero-order valence-corrected chi connectivity index (χ0v) is 11.9. The van der Waals surface area contributed by atoms with E-state index in [1.54, 1.807) is 0 Å². The van der Waals surface area contributed by atoms with Crippen LogP contribution in [-0.2, 0) is 0 Å². The number of benzene rings is 2. The van der Waals surface area contributed by atoms with Crippen LogP contribution in [-0.4, -0.2) is 6.54 Å². The Bertz CT molecular complexity index is 490. The lowest BCUT2D eigenvalue weighted by Gasteiger charge is -2.20. The lowest BCUT2D eigenvalue weighted by molar-refractivity contribution is 0.578. The molecule has 0 radical (unpaired) electrons. The maximum atomic E-state index is 3.68. The zero-order chi connectivity index (χ0) is 13.5. The van der Waals surface area contributed by atoms with Gasteiger partial charge in [-0.3, -0.25) is 0 Å². The molecule has 0 bridgehead atoms. The minimum Gasteiger partial charge on any atom is -0.306 e. The van der Waals surface area contributed by atoms with Crippen molar-refractivity contribution >= 4 is 0 Å². The molecular weight excluding hydrogens is 230 g/mol. The van der Waals surface area contributed by atoms with Crippen LogP contribution < -0.4 is 5.32 Å².